The van der Waals surface area contributed by atoms with Crippen molar-refractivity contribution in [1.29, 1.82) is 0 Å². The van der Waals surface area contributed by atoms with Crippen molar-refractivity contribution in [2.75, 3.05) is 18.5 Å². The van der Waals surface area contributed by atoms with Gasteiger partial charge in [0.2, 0.25) is 0 Å². The number of piperidine rings is 1. The third-order valence-electron chi connectivity index (χ3n) is 4.35. The Labute approximate surface area is 133 Å². The number of amides is 2. The molecule has 0 aliphatic carbocycles. The van der Waals surface area contributed by atoms with Gasteiger partial charge >= 0.3 is 5.97 Å². The van der Waals surface area contributed by atoms with E-state index in [-0.39, 0.29) is 31.0 Å². The number of hydrogen-bond acceptors (Lipinski definition) is 4. The Hall–Kier alpha value is -2.57. The molecule has 23 heavy (non-hydrogen) atoms. The number of rotatable bonds is 2. The minimum atomic E-state index is -0.874. The Morgan fingerprint density at radius 2 is 2.13 bits per heavy atom. The van der Waals surface area contributed by atoms with E-state index in [1.165, 1.54) is 0 Å². The summed E-state index contributed by atoms with van der Waals surface area (Å²) in [4.78, 5) is 36.9. The second-order valence-electron chi connectivity index (χ2n) is 5.97. The van der Waals surface area contributed by atoms with Gasteiger partial charge in [-0.3, -0.25) is 14.4 Å². The molecular weight excluding hydrogens is 300 g/mol. The number of benzene rings is 1. The molecule has 1 fully saturated rings. The lowest BCUT2D eigenvalue weighted by Gasteiger charge is -2.36. The van der Waals surface area contributed by atoms with E-state index in [4.69, 9.17) is 4.74 Å². The second-order valence-corrected chi connectivity index (χ2v) is 5.97. The zero-order valence-electron chi connectivity index (χ0n) is 12.7. The van der Waals surface area contributed by atoms with E-state index >= 15 is 0 Å². The molecule has 3 rings (SSSR count). The fourth-order valence-corrected chi connectivity index (χ4v) is 2.97. The van der Waals surface area contributed by atoms with E-state index in [1.54, 1.807) is 23.1 Å². The van der Waals surface area contributed by atoms with Gasteiger partial charge in [-0.1, -0.05) is 0 Å². The van der Waals surface area contributed by atoms with Crippen LogP contribution in [0.1, 0.15) is 30.1 Å². The number of nitrogens with zero attached hydrogens (tertiary/aromatic N) is 1. The van der Waals surface area contributed by atoms with E-state index in [1.807, 2.05) is 6.92 Å². The van der Waals surface area contributed by atoms with Crippen molar-refractivity contribution < 1.29 is 24.2 Å². The highest BCUT2D eigenvalue weighted by Crippen LogP contribution is 2.30. The molecule has 0 spiro atoms. The van der Waals surface area contributed by atoms with Crippen molar-refractivity contribution in [2.45, 2.75) is 25.8 Å². The highest BCUT2D eigenvalue weighted by atomic mass is 16.5. The lowest BCUT2D eigenvalue weighted by Crippen LogP contribution is -2.47. The third kappa shape index (κ3) is 2.99. The standard InChI is InChI=1S/C16H18N2O5/c1-9-2-3-11(16(21)22)7-18(9)15(20)10-4-5-13-12(6-10)17-14(19)8-23-13/h4-6,9,11H,2-3,7-8H2,1H3,(H,17,19)(H,21,22). The molecule has 2 atom stereocenters. The summed E-state index contributed by atoms with van der Waals surface area (Å²) >= 11 is 0. The molecule has 0 bridgehead atoms. The Morgan fingerprint density at radius 3 is 2.87 bits per heavy atom. The monoisotopic (exact) mass is 318 g/mol. The lowest BCUT2D eigenvalue weighted by molar-refractivity contribution is -0.143. The predicted octanol–water partition coefficient (Wildman–Crippen LogP) is 1.34. The quantitative estimate of drug-likeness (QED) is 0.858. The fraction of sp³-hybridized carbons (Fsp3) is 0.438. The number of ether oxygens (including phenoxy) is 1. The van der Waals surface area contributed by atoms with Gasteiger partial charge in [0.05, 0.1) is 11.6 Å². The van der Waals surface area contributed by atoms with Crippen LogP contribution in [0.15, 0.2) is 18.2 Å². The van der Waals surface area contributed by atoms with Crippen LogP contribution in [0, 0.1) is 5.92 Å². The first-order valence-corrected chi connectivity index (χ1v) is 7.56. The number of anilines is 1. The molecule has 0 saturated carbocycles. The van der Waals surface area contributed by atoms with Crippen molar-refractivity contribution >= 4 is 23.5 Å². The third-order valence-corrected chi connectivity index (χ3v) is 4.35. The number of carboxylic acids is 1. The molecule has 122 valence electrons. The van der Waals surface area contributed by atoms with Crippen molar-refractivity contribution in [1.82, 2.24) is 4.90 Å². The Morgan fingerprint density at radius 1 is 1.35 bits per heavy atom. The molecule has 2 aliphatic rings. The Bertz CT molecular complexity index is 672. The molecule has 0 aromatic heterocycles. The summed E-state index contributed by atoms with van der Waals surface area (Å²) in [5.41, 5.74) is 0.874. The number of aliphatic carboxylic acids is 1. The normalized spacial score (nSPS) is 23.5. The summed E-state index contributed by atoms with van der Waals surface area (Å²) in [7, 11) is 0. The average Bonchev–Trinajstić information content (AvgIpc) is 2.53. The SMILES string of the molecule is CC1CCC(C(=O)O)CN1C(=O)c1ccc2c(c1)NC(=O)CO2. The van der Waals surface area contributed by atoms with Crippen LogP contribution in [0.25, 0.3) is 0 Å². The predicted molar refractivity (Wildman–Crippen MR) is 81.4 cm³/mol. The second kappa shape index (κ2) is 5.91. The zero-order chi connectivity index (χ0) is 16.6. The summed E-state index contributed by atoms with van der Waals surface area (Å²) in [6, 6.07) is 4.84. The number of fused-ring (bicyclic) bond motifs is 1. The lowest BCUT2D eigenvalue weighted by atomic mass is 9.93. The maximum atomic E-state index is 12.7. The maximum absolute atomic E-state index is 12.7. The first-order chi connectivity index (χ1) is 11.0. The Kier molecular flexibility index (Phi) is 3.94. The smallest absolute Gasteiger partial charge is 0.308 e. The molecule has 2 unspecified atom stereocenters. The average molecular weight is 318 g/mol. The van der Waals surface area contributed by atoms with Gasteiger partial charge < -0.3 is 20.1 Å². The van der Waals surface area contributed by atoms with Crippen LogP contribution in [0.3, 0.4) is 0 Å². The summed E-state index contributed by atoms with van der Waals surface area (Å²) in [5, 5.41) is 11.8. The van der Waals surface area contributed by atoms with Crippen LogP contribution < -0.4 is 10.1 Å². The number of likely N-dealkylation sites (tertiary alicyclic amines) is 1. The van der Waals surface area contributed by atoms with Crippen LogP contribution in [-0.2, 0) is 9.59 Å². The molecule has 1 saturated heterocycles. The topological polar surface area (TPSA) is 95.9 Å². The minimum absolute atomic E-state index is 0.0139. The van der Waals surface area contributed by atoms with Gasteiger partial charge in [-0.15, -0.1) is 0 Å². The van der Waals surface area contributed by atoms with Gasteiger partial charge in [0.25, 0.3) is 11.8 Å². The van der Waals surface area contributed by atoms with E-state index in [9.17, 15) is 19.5 Å². The highest BCUT2D eigenvalue weighted by molar-refractivity contribution is 6.00. The zero-order valence-corrected chi connectivity index (χ0v) is 12.7. The number of nitrogens with one attached hydrogen (secondary N) is 1. The number of carbonyl (C=O) groups is 3. The van der Waals surface area contributed by atoms with Gasteiger partial charge in [-0.25, -0.2) is 0 Å². The van der Waals surface area contributed by atoms with E-state index in [2.05, 4.69) is 5.32 Å². The molecular formula is C16H18N2O5. The van der Waals surface area contributed by atoms with Gasteiger partial charge in [0.1, 0.15) is 5.75 Å². The Balaban J connectivity index is 1.83. The molecule has 7 nitrogen and oxygen atoms in total. The molecule has 2 N–H and O–H groups in total. The minimum Gasteiger partial charge on any atom is -0.482 e. The fourth-order valence-electron chi connectivity index (χ4n) is 2.97. The number of hydrogen-bond donors (Lipinski definition) is 2. The molecule has 1 aromatic carbocycles. The summed E-state index contributed by atoms with van der Waals surface area (Å²) < 4.78 is 5.27. The van der Waals surface area contributed by atoms with E-state index in [0.29, 0.717) is 29.8 Å². The first-order valence-electron chi connectivity index (χ1n) is 7.56. The molecule has 2 aliphatic heterocycles. The van der Waals surface area contributed by atoms with Gasteiger partial charge in [0, 0.05) is 18.2 Å². The van der Waals surface area contributed by atoms with Crippen molar-refractivity contribution in [2.24, 2.45) is 5.92 Å². The van der Waals surface area contributed by atoms with Crippen LogP contribution in [-0.4, -0.2) is 47.0 Å². The molecule has 2 amide bonds. The largest absolute Gasteiger partial charge is 0.482 e. The highest BCUT2D eigenvalue weighted by Gasteiger charge is 2.33. The maximum Gasteiger partial charge on any atom is 0.308 e. The number of carbonyl (C=O) groups excluding carboxylic acids is 2. The summed E-state index contributed by atoms with van der Waals surface area (Å²) in [5.74, 6) is -1.38. The van der Waals surface area contributed by atoms with Gasteiger partial charge in [-0.2, -0.15) is 0 Å². The summed E-state index contributed by atoms with van der Waals surface area (Å²) in [6.07, 6.45) is 1.24. The summed E-state index contributed by atoms with van der Waals surface area (Å²) in [6.45, 7) is 2.08. The first kappa shape index (κ1) is 15.3. The van der Waals surface area contributed by atoms with Crippen LogP contribution in [0.4, 0.5) is 5.69 Å². The van der Waals surface area contributed by atoms with Gasteiger partial charge in [-0.05, 0) is 38.0 Å². The molecule has 2 heterocycles. The van der Waals surface area contributed by atoms with Crippen molar-refractivity contribution in [3.05, 3.63) is 23.8 Å². The molecule has 0 radical (unpaired) electrons. The van der Waals surface area contributed by atoms with Crippen LogP contribution >= 0.6 is 0 Å². The molecule has 7 heteroatoms. The van der Waals surface area contributed by atoms with E-state index < -0.39 is 11.9 Å². The van der Waals surface area contributed by atoms with Crippen molar-refractivity contribution in [3.63, 3.8) is 0 Å². The number of carboxylic acid groups (broad SMARTS) is 1. The van der Waals surface area contributed by atoms with Gasteiger partial charge in [0.15, 0.2) is 6.61 Å². The molecule has 1 aromatic rings. The van der Waals surface area contributed by atoms with Crippen LogP contribution in [0.2, 0.25) is 0 Å². The van der Waals surface area contributed by atoms with E-state index in [0.717, 1.165) is 0 Å². The van der Waals surface area contributed by atoms with Crippen molar-refractivity contribution in [3.8, 4) is 5.75 Å². The van der Waals surface area contributed by atoms with Crippen LogP contribution in [0.5, 0.6) is 5.75 Å².